The molecule has 4 rings (SSSR count). The number of Topliss-reactive ketones (excluding diaryl/α,β-unsaturated/α-hetero) is 1. The van der Waals surface area contributed by atoms with Crippen molar-refractivity contribution in [2.45, 2.75) is 12.3 Å². The lowest BCUT2D eigenvalue weighted by Gasteiger charge is -2.00. The van der Waals surface area contributed by atoms with Crippen molar-refractivity contribution in [3.63, 3.8) is 0 Å². The fourth-order valence-electron chi connectivity index (χ4n) is 3.31. The molecule has 3 aromatic rings. The van der Waals surface area contributed by atoms with E-state index in [1.165, 1.54) is 16.5 Å². The minimum Gasteiger partial charge on any atom is -0.350 e. The molecule has 2 nitrogen and oxygen atoms in total. The largest absolute Gasteiger partial charge is 0.350 e. The molecule has 1 aromatic heterocycles. The molecule has 1 aliphatic rings. The molecule has 0 spiro atoms. The Morgan fingerprint density at radius 3 is 2.57 bits per heavy atom. The van der Waals surface area contributed by atoms with Gasteiger partial charge in [-0.1, -0.05) is 48.5 Å². The van der Waals surface area contributed by atoms with Gasteiger partial charge in [0.25, 0.3) is 0 Å². The van der Waals surface area contributed by atoms with Gasteiger partial charge < -0.3 is 4.57 Å². The highest BCUT2D eigenvalue weighted by atomic mass is 16.1. The number of aromatic nitrogens is 1. The van der Waals surface area contributed by atoms with Gasteiger partial charge in [-0.3, -0.25) is 4.79 Å². The summed E-state index contributed by atoms with van der Waals surface area (Å²) in [6.45, 7) is 0. The third-order valence-corrected chi connectivity index (χ3v) is 4.51. The van der Waals surface area contributed by atoms with Crippen molar-refractivity contribution in [2.75, 3.05) is 0 Å². The lowest BCUT2D eigenvalue weighted by atomic mass is 10.0. The van der Waals surface area contributed by atoms with Crippen molar-refractivity contribution in [3.05, 3.63) is 71.9 Å². The Balaban J connectivity index is 1.66. The maximum Gasteiger partial charge on any atom is 0.166 e. The Kier molecular flexibility index (Phi) is 2.71. The molecule has 1 aliphatic carbocycles. The van der Waals surface area contributed by atoms with Crippen molar-refractivity contribution in [1.82, 2.24) is 4.57 Å². The third kappa shape index (κ3) is 1.99. The molecule has 0 N–H and O–H groups in total. The molecule has 104 valence electrons. The maximum atomic E-state index is 12.5. The first-order valence-electron chi connectivity index (χ1n) is 7.39. The summed E-state index contributed by atoms with van der Waals surface area (Å²) in [7, 11) is 2.07. The third-order valence-electron chi connectivity index (χ3n) is 4.51. The first-order valence-corrected chi connectivity index (χ1v) is 7.39. The van der Waals surface area contributed by atoms with Crippen LogP contribution in [0.5, 0.6) is 0 Å². The van der Waals surface area contributed by atoms with E-state index in [4.69, 9.17) is 0 Å². The number of hydrogen-bond donors (Lipinski definition) is 0. The molecule has 1 heterocycles. The predicted molar refractivity (Wildman–Crippen MR) is 84.5 cm³/mol. The molecule has 2 atom stereocenters. The van der Waals surface area contributed by atoms with Crippen molar-refractivity contribution < 1.29 is 4.79 Å². The van der Waals surface area contributed by atoms with Crippen molar-refractivity contribution in [2.24, 2.45) is 13.0 Å². The molecule has 0 amide bonds. The average Bonchev–Trinajstić information content (AvgIpc) is 3.26. The van der Waals surface area contributed by atoms with Gasteiger partial charge in [-0.25, -0.2) is 0 Å². The maximum absolute atomic E-state index is 12.5. The van der Waals surface area contributed by atoms with E-state index >= 15 is 0 Å². The van der Waals surface area contributed by atoms with Gasteiger partial charge in [0.05, 0.1) is 0 Å². The zero-order chi connectivity index (χ0) is 14.4. The molecule has 0 radical (unpaired) electrons. The molecule has 0 bridgehead atoms. The summed E-state index contributed by atoms with van der Waals surface area (Å²) in [6.07, 6.45) is 3.16. The van der Waals surface area contributed by atoms with Crippen LogP contribution in [0.4, 0.5) is 0 Å². The number of carbonyl (C=O) groups is 1. The van der Waals surface area contributed by atoms with Crippen LogP contribution in [0.2, 0.25) is 0 Å². The van der Waals surface area contributed by atoms with Crippen LogP contribution < -0.4 is 0 Å². The standard InChI is InChI=1S/C19H17NO/c1-20-12-17(14-9-5-6-10-18(14)20)15-11-16(15)19(21)13-7-3-2-4-8-13/h2-10,12,15-16H,11H2,1H3. The van der Waals surface area contributed by atoms with Gasteiger partial charge in [0, 0.05) is 35.6 Å². The number of aryl methyl sites for hydroxylation is 1. The Bertz CT molecular complexity index is 816. The van der Waals surface area contributed by atoms with Crippen molar-refractivity contribution in [3.8, 4) is 0 Å². The van der Waals surface area contributed by atoms with E-state index < -0.39 is 0 Å². The zero-order valence-corrected chi connectivity index (χ0v) is 12.0. The summed E-state index contributed by atoms with van der Waals surface area (Å²) in [4.78, 5) is 12.5. The normalized spacial score (nSPS) is 20.6. The van der Waals surface area contributed by atoms with Crippen LogP contribution in [-0.4, -0.2) is 10.4 Å². The second kappa shape index (κ2) is 4.59. The molecule has 1 saturated carbocycles. The van der Waals surface area contributed by atoms with Gasteiger partial charge in [0.2, 0.25) is 0 Å². The highest BCUT2D eigenvalue weighted by molar-refractivity contribution is 6.01. The molecule has 2 aromatic carbocycles. The fourth-order valence-corrected chi connectivity index (χ4v) is 3.31. The van der Waals surface area contributed by atoms with Crippen LogP contribution >= 0.6 is 0 Å². The summed E-state index contributed by atoms with van der Waals surface area (Å²) in [5.74, 6) is 0.815. The molecule has 0 saturated heterocycles. The lowest BCUT2D eigenvalue weighted by molar-refractivity contribution is 0.0965. The number of carbonyl (C=O) groups excluding carboxylic acids is 1. The van der Waals surface area contributed by atoms with Crippen molar-refractivity contribution >= 4 is 16.7 Å². The summed E-state index contributed by atoms with van der Waals surface area (Å²) in [6, 6.07) is 18.1. The predicted octanol–water partition coefficient (Wildman–Crippen LogP) is 4.16. The van der Waals surface area contributed by atoms with Gasteiger partial charge in [-0.2, -0.15) is 0 Å². The quantitative estimate of drug-likeness (QED) is 0.658. The SMILES string of the molecule is Cn1cc(C2CC2C(=O)c2ccccc2)c2ccccc21. The van der Waals surface area contributed by atoms with Crippen LogP contribution in [0.1, 0.15) is 28.3 Å². The Labute approximate surface area is 124 Å². The number of benzene rings is 2. The molecule has 2 unspecified atom stereocenters. The molecule has 0 aliphatic heterocycles. The Morgan fingerprint density at radius 2 is 1.76 bits per heavy atom. The monoisotopic (exact) mass is 275 g/mol. The van der Waals surface area contributed by atoms with Gasteiger partial charge in [-0.15, -0.1) is 0 Å². The second-order valence-electron chi connectivity index (χ2n) is 5.89. The van der Waals surface area contributed by atoms with E-state index in [-0.39, 0.29) is 11.7 Å². The van der Waals surface area contributed by atoms with E-state index in [1.54, 1.807) is 0 Å². The van der Waals surface area contributed by atoms with Crippen LogP contribution in [0, 0.1) is 5.92 Å². The summed E-state index contributed by atoms with van der Waals surface area (Å²) in [5, 5.41) is 1.29. The van der Waals surface area contributed by atoms with E-state index in [1.807, 2.05) is 30.3 Å². The number of para-hydroxylation sites is 1. The zero-order valence-electron chi connectivity index (χ0n) is 12.0. The number of ketones is 1. The first-order chi connectivity index (χ1) is 10.3. The molecule has 2 heteroatoms. The molecule has 1 fully saturated rings. The van der Waals surface area contributed by atoms with Gasteiger partial charge in [-0.05, 0) is 24.0 Å². The minimum absolute atomic E-state index is 0.151. The number of fused-ring (bicyclic) bond motifs is 1. The average molecular weight is 275 g/mol. The Morgan fingerprint density at radius 1 is 1.05 bits per heavy atom. The van der Waals surface area contributed by atoms with Crippen molar-refractivity contribution in [1.29, 1.82) is 0 Å². The first kappa shape index (κ1) is 12.4. The number of hydrogen-bond acceptors (Lipinski definition) is 1. The fraction of sp³-hybridized carbons (Fsp3) is 0.211. The van der Waals surface area contributed by atoms with Crippen LogP contribution in [0.15, 0.2) is 60.8 Å². The van der Waals surface area contributed by atoms with E-state index in [0.717, 1.165) is 12.0 Å². The lowest BCUT2D eigenvalue weighted by Crippen LogP contribution is -2.02. The second-order valence-corrected chi connectivity index (χ2v) is 5.89. The van der Waals surface area contributed by atoms with E-state index in [9.17, 15) is 4.79 Å². The number of rotatable bonds is 3. The van der Waals surface area contributed by atoms with E-state index in [0.29, 0.717) is 5.92 Å². The Hall–Kier alpha value is -2.35. The molecular weight excluding hydrogens is 258 g/mol. The highest BCUT2D eigenvalue weighted by Crippen LogP contribution is 2.51. The van der Waals surface area contributed by atoms with Crippen LogP contribution in [0.25, 0.3) is 10.9 Å². The highest BCUT2D eigenvalue weighted by Gasteiger charge is 2.45. The van der Waals surface area contributed by atoms with E-state index in [2.05, 4.69) is 42.1 Å². The smallest absolute Gasteiger partial charge is 0.166 e. The van der Waals surface area contributed by atoms with Gasteiger partial charge in [0.1, 0.15) is 0 Å². The van der Waals surface area contributed by atoms with Crippen LogP contribution in [-0.2, 0) is 7.05 Å². The topological polar surface area (TPSA) is 22.0 Å². The summed E-state index contributed by atoms with van der Waals surface area (Å²) < 4.78 is 2.16. The van der Waals surface area contributed by atoms with Crippen LogP contribution in [0.3, 0.4) is 0 Å². The van der Waals surface area contributed by atoms with Gasteiger partial charge in [0.15, 0.2) is 5.78 Å². The summed E-state index contributed by atoms with van der Waals surface area (Å²) >= 11 is 0. The number of nitrogens with zero attached hydrogens (tertiary/aromatic N) is 1. The summed E-state index contributed by atoms with van der Waals surface area (Å²) in [5.41, 5.74) is 3.40. The van der Waals surface area contributed by atoms with Gasteiger partial charge >= 0.3 is 0 Å². The molecule has 21 heavy (non-hydrogen) atoms. The molecular formula is C19H17NO. The minimum atomic E-state index is 0.151.